The summed E-state index contributed by atoms with van der Waals surface area (Å²) in [7, 11) is 1.88. The maximum absolute atomic E-state index is 4.44. The van der Waals surface area contributed by atoms with Crippen LogP contribution in [0.15, 0.2) is 18.5 Å². The first kappa shape index (κ1) is 12.3. The van der Waals surface area contributed by atoms with E-state index in [1.165, 1.54) is 0 Å². The molecule has 0 amide bonds. The van der Waals surface area contributed by atoms with Gasteiger partial charge in [0.25, 0.3) is 0 Å². The number of aromatic nitrogens is 4. The fourth-order valence-electron chi connectivity index (χ4n) is 1.62. The summed E-state index contributed by atoms with van der Waals surface area (Å²) in [5, 5.41) is 10.5. The Morgan fingerprint density at radius 1 is 1.22 bits per heavy atom. The first-order chi connectivity index (χ1) is 8.71. The number of hydrogen-bond acceptors (Lipinski definition) is 5. The molecule has 18 heavy (non-hydrogen) atoms. The van der Waals surface area contributed by atoms with Crippen molar-refractivity contribution < 1.29 is 0 Å². The Kier molecular flexibility index (Phi) is 3.76. The fourth-order valence-corrected chi connectivity index (χ4v) is 1.62. The van der Waals surface area contributed by atoms with E-state index in [2.05, 4.69) is 25.7 Å². The molecule has 2 heterocycles. The molecule has 0 atom stereocenters. The van der Waals surface area contributed by atoms with Crippen LogP contribution in [0, 0.1) is 0 Å². The predicted molar refractivity (Wildman–Crippen MR) is 72.1 cm³/mol. The minimum Gasteiger partial charge on any atom is -0.370 e. The molecule has 6 nitrogen and oxygen atoms in total. The maximum atomic E-state index is 4.44. The van der Waals surface area contributed by atoms with Crippen molar-refractivity contribution in [3.8, 4) is 0 Å². The Labute approximate surface area is 106 Å². The molecule has 96 valence electrons. The van der Waals surface area contributed by atoms with Gasteiger partial charge in [0.1, 0.15) is 17.5 Å². The number of anilines is 3. The van der Waals surface area contributed by atoms with Gasteiger partial charge in [0.15, 0.2) is 0 Å². The summed E-state index contributed by atoms with van der Waals surface area (Å²) in [6, 6.07) is 1.90. The van der Waals surface area contributed by atoms with Gasteiger partial charge in [-0.2, -0.15) is 5.10 Å². The van der Waals surface area contributed by atoms with E-state index in [1.807, 2.05) is 33.2 Å². The fraction of sp³-hybridized carbons (Fsp3) is 0.417. The summed E-state index contributed by atoms with van der Waals surface area (Å²) < 4.78 is 1.75. The van der Waals surface area contributed by atoms with Crippen LogP contribution < -0.4 is 10.6 Å². The highest BCUT2D eigenvalue weighted by Crippen LogP contribution is 2.16. The molecule has 2 aromatic rings. The maximum Gasteiger partial charge on any atom is 0.136 e. The lowest BCUT2D eigenvalue weighted by atomic mass is 10.4. The van der Waals surface area contributed by atoms with Crippen LogP contribution in [0.2, 0.25) is 0 Å². The van der Waals surface area contributed by atoms with Crippen LogP contribution in [-0.2, 0) is 13.5 Å². The first-order valence-electron chi connectivity index (χ1n) is 6.08. The summed E-state index contributed by atoms with van der Waals surface area (Å²) >= 11 is 0. The molecule has 0 unspecified atom stereocenters. The largest absolute Gasteiger partial charge is 0.370 e. The van der Waals surface area contributed by atoms with E-state index in [9.17, 15) is 0 Å². The predicted octanol–water partition coefficient (Wildman–Crippen LogP) is 1.95. The molecule has 0 aliphatic carbocycles. The zero-order chi connectivity index (χ0) is 13.0. The van der Waals surface area contributed by atoms with Crippen LogP contribution >= 0.6 is 0 Å². The molecular formula is C12H18N6. The standard InChI is InChI=1S/C12H18N6/c1-4-10-16-11(13-5-2)6-12(17-10)15-9-7-14-18(3)8-9/h6-8H,4-5H2,1-3H3,(H2,13,15,16,17). The Morgan fingerprint density at radius 3 is 2.61 bits per heavy atom. The normalized spacial score (nSPS) is 10.4. The van der Waals surface area contributed by atoms with Gasteiger partial charge in [0, 0.05) is 32.3 Å². The number of rotatable bonds is 5. The topological polar surface area (TPSA) is 67.7 Å². The van der Waals surface area contributed by atoms with E-state index in [1.54, 1.807) is 10.9 Å². The number of nitrogens with one attached hydrogen (secondary N) is 2. The average molecular weight is 246 g/mol. The van der Waals surface area contributed by atoms with E-state index in [4.69, 9.17) is 0 Å². The third-order valence-electron chi connectivity index (χ3n) is 2.42. The quantitative estimate of drug-likeness (QED) is 0.844. The zero-order valence-corrected chi connectivity index (χ0v) is 10.9. The monoisotopic (exact) mass is 246 g/mol. The van der Waals surface area contributed by atoms with Crippen LogP contribution in [0.5, 0.6) is 0 Å². The zero-order valence-electron chi connectivity index (χ0n) is 10.9. The SMILES string of the molecule is CCNc1cc(Nc2cnn(C)c2)nc(CC)n1. The Morgan fingerprint density at radius 2 is 2.00 bits per heavy atom. The van der Waals surface area contributed by atoms with Crippen molar-refractivity contribution in [1.82, 2.24) is 19.7 Å². The Bertz CT molecular complexity index is 519. The van der Waals surface area contributed by atoms with Gasteiger partial charge in [-0.1, -0.05) is 6.92 Å². The second kappa shape index (κ2) is 5.48. The lowest BCUT2D eigenvalue weighted by Gasteiger charge is -2.08. The molecule has 0 radical (unpaired) electrons. The van der Waals surface area contributed by atoms with Crippen molar-refractivity contribution in [1.29, 1.82) is 0 Å². The van der Waals surface area contributed by atoms with Gasteiger partial charge in [0.05, 0.1) is 11.9 Å². The van der Waals surface area contributed by atoms with Crippen molar-refractivity contribution in [2.45, 2.75) is 20.3 Å². The second-order valence-electron chi connectivity index (χ2n) is 3.97. The van der Waals surface area contributed by atoms with E-state index < -0.39 is 0 Å². The molecule has 2 aromatic heterocycles. The Hall–Kier alpha value is -2.11. The summed E-state index contributed by atoms with van der Waals surface area (Å²) in [5.74, 6) is 2.45. The van der Waals surface area contributed by atoms with Gasteiger partial charge in [-0.05, 0) is 6.92 Å². The minimum absolute atomic E-state index is 0.783. The Balaban J connectivity index is 2.23. The van der Waals surface area contributed by atoms with Crippen LogP contribution in [0.25, 0.3) is 0 Å². The molecule has 0 aliphatic rings. The van der Waals surface area contributed by atoms with Crippen LogP contribution in [0.4, 0.5) is 17.3 Å². The minimum atomic E-state index is 0.783. The molecule has 0 aromatic carbocycles. The molecule has 0 spiro atoms. The molecule has 0 saturated heterocycles. The lowest BCUT2D eigenvalue weighted by Crippen LogP contribution is -2.05. The summed E-state index contributed by atoms with van der Waals surface area (Å²) in [6.07, 6.45) is 4.47. The molecule has 2 N–H and O–H groups in total. The lowest BCUT2D eigenvalue weighted by molar-refractivity contribution is 0.768. The van der Waals surface area contributed by atoms with Gasteiger partial charge in [-0.25, -0.2) is 9.97 Å². The molecule has 0 bridgehead atoms. The van der Waals surface area contributed by atoms with Gasteiger partial charge in [-0.3, -0.25) is 4.68 Å². The third-order valence-corrected chi connectivity index (χ3v) is 2.42. The van der Waals surface area contributed by atoms with Crippen molar-refractivity contribution in [2.24, 2.45) is 7.05 Å². The van der Waals surface area contributed by atoms with Crippen LogP contribution in [0.3, 0.4) is 0 Å². The summed E-state index contributed by atoms with van der Waals surface area (Å²) in [4.78, 5) is 8.84. The van der Waals surface area contributed by atoms with Gasteiger partial charge < -0.3 is 10.6 Å². The number of hydrogen-bond donors (Lipinski definition) is 2. The highest BCUT2D eigenvalue weighted by molar-refractivity contribution is 5.57. The summed E-state index contributed by atoms with van der Waals surface area (Å²) in [5.41, 5.74) is 0.917. The van der Waals surface area contributed by atoms with Crippen molar-refractivity contribution >= 4 is 17.3 Å². The molecule has 2 rings (SSSR count). The average Bonchev–Trinajstić information content (AvgIpc) is 2.75. The van der Waals surface area contributed by atoms with Gasteiger partial charge >= 0.3 is 0 Å². The third kappa shape index (κ3) is 2.97. The second-order valence-corrected chi connectivity index (χ2v) is 3.97. The van der Waals surface area contributed by atoms with E-state index in [-0.39, 0.29) is 0 Å². The van der Waals surface area contributed by atoms with Crippen LogP contribution in [-0.4, -0.2) is 26.3 Å². The molecule has 0 fully saturated rings. The van der Waals surface area contributed by atoms with Crippen LogP contribution in [0.1, 0.15) is 19.7 Å². The molecule has 6 heteroatoms. The van der Waals surface area contributed by atoms with E-state index >= 15 is 0 Å². The smallest absolute Gasteiger partial charge is 0.136 e. The van der Waals surface area contributed by atoms with Crippen molar-refractivity contribution in [3.63, 3.8) is 0 Å². The highest BCUT2D eigenvalue weighted by Gasteiger charge is 2.04. The van der Waals surface area contributed by atoms with Crippen molar-refractivity contribution in [3.05, 3.63) is 24.3 Å². The first-order valence-corrected chi connectivity index (χ1v) is 6.08. The molecule has 0 saturated carbocycles. The van der Waals surface area contributed by atoms with Gasteiger partial charge in [-0.15, -0.1) is 0 Å². The van der Waals surface area contributed by atoms with E-state index in [0.717, 1.165) is 36.1 Å². The van der Waals surface area contributed by atoms with Gasteiger partial charge in [0.2, 0.25) is 0 Å². The molecule has 0 aliphatic heterocycles. The highest BCUT2D eigenvalue weighted by atomic mass is 15.3. The summed E-state index contributed by atoms with van der Waals surface area (Å²) in [6.45, 7) is 4.92. The number of nitrogens with zero attached hydrogens (tertiary/aromatic N) is 4. The number of aryl methyl sites for hydroxylation is 2. The van der Waals surface area contributed by atoms with Crippen molar-refractivity contribution in [2.75, 3.05) is 17.2 Å². The van der Waals surface area contributed by atoms with E-state index in [0.29, 0.717) is 0 Å². The molecular weight excluding hydrogens is 228 g/mol.